The monoisotopic (exact) mass is 305 g/mol. The molecule has 1 heterocycles. The molecule has 5 heteroatoms. The molecule has 0 aliphatic heterocycles. The number of thioether (sulfide) groups is 1. The minimum Gasteiger partial charge on any atom is -0.457 e. The number of carbonyl (C=O) groups is 1. The van der Waals surface area contributed by atoms with E-state index in [1.54, 1.807) is 22.7 Å². The minimum absolute atomic E-state index is 0.00534. The van der Waals surface area contributed by atoms with Crippen molar-refractivity contribution in [3.63, 3.8) is 0 Å². The summed E-state index contributed by atoms with van der Waals surface area (Å²) in [7, 11) is 1.83. The second-order valence-corrected chi connectivity index (χ2v) is 5.36. The maximum Gasteiger partial charge on any atom is 0.258 e. The molecule has 0 aliphatic rings. The Bertz CT molecular complexity index is 354. The van der Waals surface area contributed by atoms with Gasteiger partial charge in [-0.2, -0.15) is 11.8 Å². The molecule has 0 saturated heterocycles. The zero-order valence-corrected chi connectivity index (χ0v) is 12.1. The lowest BCUT2D eigenvalue weighted by molar-refractivity contribution is 0.0739. The van der Waals surface area contributed by atoms with Crippen molar-refractivity contribution in [2.24, 2.45) is 0 Å². The van der Waals surface area contributed by atoms with Crippen LogP contribution in [-0.4, -0.2) is 35.9 Å². The molecule has 0 aromatic carbocycles. The third-order valence-corrected chi connectivity index (χ3v) is 3.83. The van der Waals surface area contributed by atoms with Gasteiger partial charge in [0.25, 0.3) is 5.91 Å². The van der Waals surface area contributed by atoms with Gasteiger partial charge in [0.15, 0.2) is 4.67 Å². The fourth-order valence-electron chi connectivity index (χ4n) is 1.32. The zero-order chi connectivity index (χ0) is 12.1. The SMILES string of the molecule is CSCCC(C)N(C)C(=O)c1ccoc1Br. The standard InChI is InChI=1S/C11H16BrNO2S/c1-8(5-7-16-3)13(2)11(14)9-4-6-15-10(9)12/h4,6,8H,5,7H2,1-3H3. The van der Waals surface area contributed by atoms with Crippen molar-refractivity contribution in [3.8, 4) is 0 Å². The van der Waals surface area contributed by atoms with E-state index in [1.165, 1.54) is 6.26 Å². The highest BCUT2D eigenvalue weighted by Crippen LogP contribution is 2.20. The Morgan fingerprint density at radius 3 is 2.88 bits per heavy atom. The number of hydrogen-bond donors (Lipinski definition) is 0. The van der Waals surface area contributed by atoms with Crippen LogP contribution in [0.15, 0.2) is 21.4 Å². The Kier molecular flexibility index (Phi) is 5.41. The molecule has 0 aliphatic carbocycles. The molecule has 0 saturated carbocycles. The van der Waals surface area contributed by atoms with Crippen LogP contribution in [0.1, 0.15) is 23.7 Å². The summed E-state index contributed by atoms with van der Waals surface area (Å²) in [6.07, 6.45) is 4.58. The van der Waals surface area contributed by atoms with Gasteiger partial charge < -0.3 is 9.32 Å². The molecule has 0 bridgehead atoms. The van der Waals surface area contributed by atoms with Crippen LogP contribution in [0.25, 0.3) is 0 Å². The molecule has 1 aromatic heterocycles. The van der Waals surface area contributed by atoms with Gasteiger partial charge in [-0.15, -0.1) is 0 Å². The first-order chi connectivity index (χ1) is 7.57. The highest BCUT2D eigenvalue weighted by molar-refractivity contribution is 9.10. The molecule has 0 spiro atoms. The van der Waals surface area contributed by atoms with Gasteiger partial charge in [-0.05, 0) is 47.3 Å². The molecule has 1 rings (SSSR count). The molecule has 1 amide bonds. The normalized spacial score (nSPS) is 12.5. The highest BCUT2D eigenvalue weighted by atomic mass is 79.9. The van der Waals surface area contributed by atoms with E-state index in [0.717, 1.165) is 12.2 Å². The quantitative estimate of drug-likeness (QED) is 0.837. The average Bonchev–Trinajstić information content (AvgIpc) is 2.70. The molecule has 0 radical (unpaired) electrons. The summed E-state index contributed by atoms with van der Waals surface area (Å²) in [4.78, 5) is 13.8. The largest absolute Gasteiger partial charge is 0.457 e. The number of amides is 1. The van der Waals surface area contributed by atoms with E-state index in [2.05, 4.69) is 29.1 Å². The van der Waals surface area contributed by atoms with E-state index in [4.69, 9.17) is 4.42 Å². The van der Waals surface area contributed by atoms with E-state index < -0.39 is 0 Å². The maximum absolute atomic E-state index is 12.1. The fourth-order valence-corrected chi connectivity index (χ4v) is 2.30. The molecule has 1 aromatic rings. The van der Waals surface area contributed by atoms with Crippen LogP contribution < -0.4 is 0 Å². The summed E-state index contributed by atoms with van der Waals surface area (Å²) in [6, 6.07) is 1.92. The second-order valence-electron chi connectivity index (χ2n) is 3.65. The molecule has 0 fully saturated rings. The Balaban J connectivity index is 2.64. The van der Waals surface area contributed by atoms with Gasteiger partial charge in [-0.1, -0.05) is 0 Å². The summed E-state index contributed by atoms with van der Waals surface area (Å²) in [5.41, 5.74) is 0.582. The topological polar surface area (TPSA) is 33.5 Å². The maximum atomic E-state index is 12.1. The third-order valence-electron chi connectivity index (χ3n) is 2.57. The van der Waals surface area contributed by atoms with Crippen molar-refractivity contribution in [2.45, 2.75) is 19.4 Å². The van der Waals surface area contributed by atoms with Crippen LogP contribution in [0.5, 0.6) is 0 Å². The van der Waals surface area contributed by atoms with Gasteiger partial charge in [0, 0.05) is 13.1 Å². The van der Waals surface area contributed by atoms with Crippen LogP contribution in [-0.2, 0) is 0 Å². The van der Waals surface area contributed by atoms with E-state index in [-0.39, 0.29) is 11.9 Å². The summed E-state index contributed by atoms with van der Waals surface area (Å²) in [5, 5.41) is 0. The number of rotatable bonds is 5. The number of nitrogens with zero attached hydrogens (tertiary/aromatic N) is 1. The lowest BCUT2D eigenvalue weighted by atomic mass is 10.2. The zero-order valence-electron chi connectivity index (χ0n) is 9.70. The van der Waals surface area contributed by atoms with Gasteiger partial charge in [-0.3, -0.25) is 4.79 Å². The van der Waals surface area contributed by atoms with Gasteiger partial charge in [0.2, 0.25) is 0 Å². The van der Waals surface area contributed by atoms with E-state index in [1.807, 2.05) is 7.05 Å². The molecular weight excluding hydrogens is 290 g/mol. The Hall–Kier alpha value is -0.420. The second kappa shape index (κ2) is 6.35. The van der Waals surface area contributed by atoms with E-state index in [9.17, 15) is 4.79 Å². The first-order valence-corrected chi connectivity index (χ1v) is 7.25. The third kappa shape index (κ3) is 3.28. The van der Waals surface area contributed by atoms with Gasteiger partial charge in [0.05, 0.1) is 11.8 Å². The molecular formula is C11H16BrNO2S. The van der Waals surface area contributed by atoms with E-state index in [0.29, 0.717) is 10.2 Å². The molecule has 1 atom stereocenters. The summed E-state index contributed by atoms with van der Waals surface area (Å²) >= 11 is 5.01. The average molecular weight is 306 g/mol. The van der Waals surface area contributed by atoms with Gasteiger partial charge in [0.1, 0.15) is 0 Å². The van der Waals surface area contributed by atoms with Gasteiger partial charge in [-0.25, -0.2) is 0 Å². The first kappa shape index (κ1) is 13.6. The number of furan rings is 1. The van der Waals surface area contributed by atoms with E-state index >= 15 is 0 Å². The Morgan fingerprint density at radius 2 is 2.38 bits per heavy atom. The van der Waals surface area contributed by atoms with Crippen LogP contribution >= 0.6 is 27.7 Å². The van der Waals surface area contributed by atoms with Crippen molar-refractivity contribution >= 4 is 33.6 Å². The number of carbonyl (C=O) groups excluding carboxylic acids is 1. The summed E-state index contributed by atoms with van der Waals surface area (Å²) in [5.74, 6) is 1.06. The minimum atomic E-state index is -0.00534. The first-order valence-electron chi connectivity index (χ1n) is 5.07. The van der Waals surface area contributed by atoms with Crippen molar-refractivity contribution in [3.05, 3.63) is 22.6 Å². The Labute approximate surface area is 109 Å². The van der Waals surface area contributed by atoms with Crippen molar-refractivity contribution in [2.75, 3.05) is 19.1 Å². The molecule has 3 nitrogen and oxygen atoms in total. The van der Waals surface area contributed by atoms with Crippen molar-refractivity contribution < 1.29 is 9.21 Å². The Morgan fingerprint density at radius 1 is 1.69 bits per heavy atom. The fraction of sp³-hybridized carbons (Fsp3) is 0.545. The molecule has 0 N–H and O–H groups in total. The van der Waals surface area contributed by atoms with Crippen molar-refractivity contribution in [1.82, 2.24) is 4.90 Å². The lowest BCUT2D eigenvalue weighted by Gasteiger charge is -2.24. The van der Waals surface area contributed by atoms with Crippen LogP contribution in [0, 0.1) is 0 Å². The van der Waals surface area contributed by atoms with Crippen LogP contribution in [0.3, 0.4) is 0 Å². The van der Waals surface area contributed by atoms with Crippen LogP contribution in [0.2, 0.25) is 0 Å². The smallest absolute Gasteiger partial charge is 0.258 e. The molecule has 90 valence electrons. The molecule has 16 heavy (non-hydrogen) atoms. The van der Waals surface area contributed by atoms with Crippen molar-refractivity contribution in [1.29, 1.82) is 0 Å². The van der Waals surface area contributed by atoms with Gasteiger partial charge >= 0.3 is 0 Å². The van der Waals surface area contributed by atoms with Crippen LogP contribution in [0.4, 0.5) is 0 Å². The highest BCUT2D eigenvalue weighted by Gasteiger charge is 2.20. The summed E-state index contributed by atoms with van der Waals surface area (Å²) < 4.78 is 5.56. The molecule has 1 unspecified atom stereocenters. The lowest BCUT2D eigenvalue weighted by Crippen LogP contribution is -2.35. The number of hydrogen-bond acceptors (Lipinski definition) is 3. The predicted molar refractivity (Wildman–Crippen MR) is 71.0 cm³/mol. The summed E-state index contributed by atoms with van der Waals surface area (Å²) in [6.45, 7) is 2.06. The number of halogens is 1. The predicted octanol–water partition coefficient (Wildman–Crippen LogP) is 3.26.